The Kier molecular flexibility index (Phi) is 12.6. The van der Waals surface area contributed by atoms with Crippen molar-refractivity contribution in [1.29, 1.82) is 0 Å². The standard InChI is InChI=1S/C17H18FN3O.C17H20N4.C14H13N3/c1-20(2)14-7-9-21-12-16(19-17(21)11-14)13-3-5-15(6-4-13)22-10-8-18;1-19(2)14-7-5-13(6-8-14)16-12-21-10-9-15(20(3)4)11-17(21)18-16;1-15-12-7-8-17-10-13(16-14(17)9-12)11-5-3-2-4-6-11/h3-7,9,11-12H,8,10H2,1-2H3;5-12H,1-4H3;2-10,15H,1H3. The molecule has 1 N–H and O–H groups in total. The summed E-state index contributed by atoms with van der Waals surface area (Å²) in [7, 11) is 14.1. The van der Waals surface area contributed by atoms with Crippen molar-refractivity contribution in [2.24, 2.45) is 0 Å². The van der Waals surface area contributed by atoms with Crippen molar-refractivity contribution in [3.05, 3.63) is 152 Å². The van der Waals surface area contributed by atoms with Crippen LogP contribution in [-0.2, 0) is 0 Å². The number of benzene rings is 3. The SMILES string of the molecule is CN(C)c1ccc(-c2cn3ccc(N(C)C)cc3n2)cc1.CN(C)c1ccn2cc(-c3ccc(OCCF)cc3)nc2c1.CNc1ccn2cc(-c3ccccc3)nc2c1. The van der Waals surface area contributed by atoms with Crippen LogP contribution in [0, 0.1) is 0 Å². The number of hydrogen-bond donors (Lipinski definition) is 1. The molecule has 0 aliphatic heterocycles. The zero-order chi connectivity index (χ0) is 42.2. The molecular weight excluding hydrogens is 752 g/mol. The zero-order valence-electron chi connectivity index (χ0n) is 35.2. The monoisotopic (exact) mass is 802 g/mol. The third-order valence-electron chi connectivity index (χ3n) is 9.91. The quantitative estimate of drug-likeness (QED) is 0.147. The smallest absolute Gasteiger partial charge is 0.139 e. The Bertz CT molecular complexity index is 2770. The summed E-state index contributed by atoms with van der Waals surface area (Å²) in [6.07, 6.45) is 12.2. The first-order chi connectivity index (χ1) is 29.1. The number of hydrogen-bond acceptors (Lipinski definition) is 8. The molecule has 11 nitrogen and oxygen atoms in total. The fraction of sp³-hybridized carbons (Fsp3) is 0.188. The van der Waals surface area contributed by atoms with Crippen molar-refractivity contribution < 1.29 is 9.13 Å². The lowest BCUT2D eigenvalue weighted by atomic mass is 10.1. The molecule has 0 saturated carbocycles. The van der Waals surface area contributed by atoms with Crippen LogP contribution in [0.2, 0.25) is 0 Å². The summed E-state index contributed by atoms with van der Waals surface area (Å²) in [6, 6.07) is 38.5. The van der Waals surface area contributed by atoms with Gasteiger partial charge in [0, 0.05) is 144 Å². The summed E-state index contributed by atoms with van der Waals surface area (Å²) >= 11 is 0. The number of imidazole rings is 3. The van der Waals surface area contributed by atoms with Gasteiger partial charge in [0.15, 0.2) is 0 Å². The van der Waals surface area contributed by atoms with E-state index in [1.165, 1.54) is 5.69 Å². The highest BCUT2D eigenvalue weighted by Crippen LogP contribution is 2.26. The number of nitrogens with zero attached hydrogens (tertiary/aromatic N) is 9. The average molecular weight is 803 g/mol. The van der Waals surface area contributed by atoms with Gasteiger partial charge in [-0.25, -0.2) is 19.3 Å². The van der Waals surface area contributed by atoms with Crippen LogP contribution in [0.25, 0.3) is 50.7 Å². The molecule has 9 rings (SSSR count). The van der Waals surface area contributed by atoms with Crippen molar-refractivity contribution in [3.8, 4) is 39.5 Å². The van der Waals surface area contributed by atoms with E-state index in [1.807, 2.05) is 155 Å². The predicted octanol–water partition coefficient (Wildman–Crippen LogP) is 9.59. The predicted molar refractivity (Wildman–Crippen MR) is 246 cm³/mol. The highest BCUT2D eigenvalue weighted by molar-refractivity contribution is 5.68. The first-order valence-electron chi connectivity index (χ1n) is 19.7. The molecule has 0 amide bonds. The molecule has 0 saturated heterocycles. The maximum absolute atomic E-state index is 12.1. The summed E-state index contributed by atoms with van der Waals surface area (Å²) in [5, 5.41) is 3.11. The maximum Gasteiger partial charge on any atom is 0.139 e. The van der Waals surface area contributed by atoms with Crippen LogP contribution in [0.3, 0.4) is 0 Å². The number of ether oxygens (including phenoxy) is 1. The number of aromatic nitrogens is 6. The van der Waals surface area contributed by atoms with E-state index in [9.17, 15) is 4.39 Å². The lowest BCUT2D eigenvalue weighted by molar-refractivity contribution is 0.273. The molecule has 0 radical (unpaired) electrons. The number of anilines is 4. The third kappa shape index (κ3) is 9.67. The Balaban J connectivity index is 0.000000137. The molecule has 306 valence electrons. The van der Waals surface area contributed by atoms with E-state index in [0.717, 1.165) is 67.8 Å². The first-order valence-corrected chi connectivity index (χ1v) is 19.7. The summed E-state index contributed by atoms with van der Waals surface area (Å²) in [6.45, 7) is -0.399. The molecule has 6 aromatic heterocycles. The third-order valence-corrected chi connectivity index (χ3v) is 9.91. The fourth-order valence-corrected chi connectivity index (χ4v) is 6.47. The van der Waals surface area contributed by atoms with Crippen LogP contribution < -0.4 is 24.8 Å². The summed E-state index contributed by atoms with van der Waals surface area (Å²) in [4.78, 5) is 20.2. The van der Waals surface area contributed by atoms with Gasteiger partial charge < -0.3 is 38.0 Å². The molecular formula is C48H51FN10O. The Morgan fingerprint density at radius 3 is 1.40 bits per heavy atom. The van der Waals surface area contributed by atoms with E-state index in [0.29, 0.717) is 5.75 Å². The number of fused-ring (bicyclic) bond motifs is 3. The van der Waals surface area contributed by atoms with Gasteiger partial charge in [0.1, 0.15) is 36.0 Å². The number of alkyl halides is 1. The second-order valence-electron chi connectivity index (χ2n) is 14.8. The van der Waals surface area contributed by atoms with Crippen LogP contribution in [0.5, 0.6) is 5.75 Å². The molecule has 0 aliphatic rings. The van der Waals surface area contributed by atoms with Crippen molar-refractivity contribution in [2.75, 3.05) is 82.6 Å². The molecule has 6 heterocycles. The molecule has 60 heavy (non-hydrogen) atoms. The number of halogens is 1. The van der Waals surface area contributed by atoms with Gasteiger partial charge in [0.2, 0.25) is 0 Å². The van der Waals surface area contributed by atoms with Crippen molar-refractivity contribution in [1.82, 2.24) is 28.2 Å². The van der Waals surface area contributed by atoms with E-state index < -0.39 is 6.67 Å². The van der Waals surface area contributed by atoms with Gasteiger partial charge in [0.25, 0.3) is 0 Å². The van der Waals surface area contributed by atoms with Gasteiger partial charge in [-0.2, -0.15) is 0 Å². The lowest BCUT2D eigenvalue weighted by Crippen LogP contribution is -2.08. The fourth-order valence-electron chi connectivity index (χ4n) is 6.47. The second-order valence-corrected chi connectivity index (χ2v) is 14.8. The van der Waals surface area contributed by atoms with Crippen molar-refractivity contribution in [2.45, 2.75) is 0 Å². The van der Waals surface area contributed by atoms with E-state index in [-0.39, 0.29) is 6.61 Å². The minimum absolute atomic E-state index is 0.0843. The van der Waals surface area contributed by atoms with Crippen LogP contribution >= 0.6 is 0 Å². The van der Waals surface area contributed by atoms with Crippen molar-refractivity contribution in [3.63, 3.8) is 0 Å². The van der Waals surface area contributed by atoms with E-state index in [1.54, 1.807) is 0 Å². The molecule has 0 bridgehead atoms. The van der Waals surface area contributed by atoms with Gasteiger partial charge in [-0.1, -0.05) is 42.5 Å². The molecule has 0 atom stereocenters. The van der Waals surface area contributed by atoms with Crippen LogP contribution in [0.15, 0.2) is 152 Å². The summed E-state index contributed by atoms with van der Waals surface area (Å²) in [5.41, 5.74) is 13.5. The Morgan fingerprint density at radius 2 is 0.950 bits per heavy atom. The van der Waals surface area contributed by atoms with E-state index in [4.69, 9.17) is 9.72 Å². The lowest BCUT2D eigenvalue weighted by Gasteiger charge is -2.12. The Hall–Kier alpha value is -7.34. The van der Waals surface area contributed by atoms with Gasteiger partial charge in [-0.05, 0) is 54.6 Å². The number of nitrogens with one attached hydrogen (secondary N) is 1. The molecule has 12 heteroatoms. The largest absolute Gasteiger partial charge is 0.491 e. The molecule has 0 aliphatic carbocycles. The Morgan fingerprint density at radius 1 is 0.517 bits per heavy atom. The number of pyridine rings is 3. The van der Waals surface area contributed by atoms with Crippen LogP contribution in [-0.4, -0.2) is 90.8 Å². The molecule has 9 aromatic rings. The highest BCUT2D eigenvalue weighted by atomic mass is 19.1. The van der Waals surface area contributed by atoms with E-state index >= 15 is 0 Å². The van der Waals surface area contributed by atoms with Crippen LogP contribution in [0.4, 0.5) is 27.1 Å². The van der Waals surface area contributed by atoms with Gasteiger partial charge in [-0.15, -0.1) is 0 Å². The summed E-state index contributed by atoms with van der Waals surface area (Å²) < 4.78 is 23.4. The van der Waals surface area contributed by atoms with Gasteiger partial charge in [-0.3, -0.25) is 0 Å². The van der Waals surface area contributed by atoms with Gasteiger partial charge >= 0.3 is 0 Å². The van der Waals surface area contributed by atoms with Crippen LogP contribution in [0.1, 0.15) is 0 Å². The molecule has 0 unspecified atom stereocenters. The molecule has 3 aromatic carbocycles. The number of rotatable bonds is 10. The normalized spacial score (nSPS) is 10.8. The minimum atomic E-state index is -0.484. The average Bonchev–Trinajstić information content (AvgIpc) is 4.03. The van der Waals surface area contributed by atoms with Crippen molar-refractivity contribution >= 4 is 39.7 Å². The topological polar surface area (TPSA) is 82.9 Å². The highest BCUT2D eigenvalue weighted by Gasteiger charge is 2.09. The molecule has 0 spiro atoms. The summed E-state index contributed by atoms with van der Waals surface area (Å²) in [5.74, 6) is 0.667. The maximum atomic E-state index is 12.1. The van der Waals surface area contributed by atoms with E-state index in [2.05, 4.69) is 90.4 Å². The first kappa shape index (κ1) is 40.8. The molecule has 0 fully saturated rings. The van der Waals surface area contributed by atoms with Gasteiger partial charge in [0.05, 0.1) is 17.1 Å². The second kappa shape index (κ2) is 18.5. The zero-order valence-corrected chi connectivity index (χ0v) is 35.2. The Labute approximate surface area is 350 Å². The minimum Gasteiger partial charge on any atom is -0.491 e.